The van der Waals surface area contributed by atoms with Crippen LogP contribution in [0.3, 0.4) is 0 Å². The maximum Gasteiger partial charge on any atom is 0 e. The molecule has 3 nitrogen and oxygen atoms in total. The van der Waals surface area contributed by atoms with Crippen LogP contribution in [0.4, 0.5) is 0 Å². The first-order valence-electron chi connectivity index (χ1n) is 15.0. The molecule has 0 fully saturated rings. The van der Waals surface area contributed by atoms with E-state index in [9.17, 15) is 0 Å². The zero-order chi connectivity index (χ0) is 31.0. The molecule has 6 rings (SSSR count). The fourth-order valence-electron chi connectivity index (χ4n) is 4.93. The van der Waals surface area contributed by atoms with Gasteiger partial charge in [0.1, 0.15) is 0 Å². The van der Waals surface area contributed by atoms with Crippen LogP contribution in [-0.2, 0) is 20.1 Å². The van der Waals surface area contributed by atoms with E-state index in [-0.39, 0.29) is 20.1 Å². The third-order valence-corrected chi connectivity index (χ3v) is 18.4. The van der Waals surface area contributed by atoms with Gasteiger partial charge in [-0.25, -0.2) is 0 Å². The molecule has 0 spiro atoms. The molecule has 0 bridgehead atoms. The van der Waals surface area contributed by atoms with Gasteiger partial charge >= 0.3 is 167 Å². The predicted molar refractivity (Wildman–Crippen MR) is 193 cm³/mol. The minimum atomic E-state index is -1.89. The number of hydrogen-bond donors (Lipinski definition) is 0. The van der Waals surface area contributed by atoms with Crippen molar-refractivity contribution in [2.75, 3.05) is 0 Å². The summed E-state index contributed by atoms with van der Waals surface area (Å²) in [6.07, 6.45) is 4.07. The van der Waals surface area contributed by atoms with Crippen molar-refractivity contribution >= 4 is 70.5 Å². The van der Waals surface area contributed by atoms with E-state index >= 15 is 0 Å². The molecular formula is C37H42Ge2IrN2OSi-2. The monoisotopic (exact) mass is 899 g/mol. The number of hydrogen-bond acceptors (Lipinski definition) is 3. The first kappa shape index (κ1) is 34.6. The molecule has 0 saturated heterocycles. The summed E-state index contributed by atoms with van der Waals surface area (Å²) in [5, 5.41) is 3.72. The first-order chi connectivity index (χ1) is 20.2. The Balaban J connectivity index is 0.000000223. The third-order valence-electron chi connectivity index (χ3n) is 7.80. The molecule has 6 aromatic rings. The van der Waals surface area contributed by atoms with Gasteiger partial charge in [-0.1, -0.05) is 31.8 Å². The minimum absolute atomic E-state index is 0. The van der Waals surface area contributed by atoms with Crippen LogP contribution in [0.5, 0.6) is 0 Å². The number of fused-ring (bicyclic) bond motifs is 3. The summed E-state index contributed by atoms with van der Waals surface area (Å²) in [4.78, 5) is 9.28. The van der Waals surface area contributed by atoms with Gasteiger partial charge in [0.05, 0.1) is 8.07 Å². The largest absolute Gasteiger partial charge is 0 e. The molecule has 3 heterocycles. The van der Waals surface area contributed by atoms with Crippen molar-refractivity contribution in [3.63, 3.8) is 0 Å². The van der Waals surface area contributed by atoms with Crippen LogP contribution >= 0.6 is 0 Å². The molecule has 3 aromatic heterocycles. The summed E-state index contributed by atoms with van der Waals surface area (Å²) in [7, 11) is -1.23. The Kier molecular flexibility index (Phi) is 10.7. The summed E-state index contributed by atoms with van der Waals surface area (Å²) < 4.78 is 9.22. The van der Waals surface area contributed by atoms with Gasteiger partial charge < -0.3 is 4.98 Å². The number of pyridine rings is 2. The average molecular weight is 896 g/mol. The second kappa shape index (κ2) is 13.6. The summed E-state index contributed by atoms with van der Waals surface area (Å²) in [6.45, 7) is 7.00. The van der Waals surface area contributed by atoms with E-state index in [1.807, 2.05) is 36.5 Å². The first-order valence-corrected chi connectivity index (χ1v) is 33.2. The third kappa shape index (κ3) is 7.92. The van der Waals surface area contributed by atoms with Crippen LogP contribution < -0.4 is 14.0 Å². The number of nitrogens with zero attached hydrogens (tertiary/aromatic N) is 2. The fourth-order valence-corrected chi connectivity index (χ4v) is 10.5. The Morgan fingerprint density at radius 2 is 1.34 bits per heavy atom. The minimum Gasteiger partial charge on any atom is 0 e. The molecule has 0 saturated carbocycles. The smallest absolute Gasteiger partial charge is 0 e. The van der Waals surface area contributed by atoms with Gasteiger partial charge in [-0.2, -0.15) is 0 Å². The summed E-state index contributed by atoms with van der Waals surface area (Å²) >= 11 is -3.75. The van der Waals surface area contributed by atoms with Crippen LogP contribution in [0.2, 0.25) is 54.2 Å². The Labute approximate surface area is 283 Å². The van der Waals surface area contributed by atoms with E-state index in [4.69, 9.17) is 9.40 Å². The normalized spacial score (nSPS) is 12.0. The zero-order valence-electron chi connectivity index (χ0n) is 27.3. The fraction of sp³-hybridized carbons (Fsp3) is 0.243. The van der Waals surface area contributed by atoms with E-state index in [1.165, 1.54) is 19.4 Å². The molecule has 1 radical (unpaired) electrons. The Bertz CT molecular complexity index is 1850. The van der Waals surface area contributed by atoms with Gasteiger partial charge in [0.15, 0.2) is 0 Å². The molecule has 44 heavy (non-hydrogen) atoms. The maximum absolute atomic E-state index is 6.34. The quantitative estimate of drug-likeness (QED) is 0.129. The van der Waals surface area contributed by atoms with E-state index in [0.29, 0.717) is 0 Å². The molecule has 0 amide bonds. The topological polar surface area (TPSA) is 38.9 Å². The van der Waals surface area contributed by atoms with Gasteiger partial charge in [0, 0.05) is 26.3 Å². The molecule has 0 aliphatic heterocycles. The molecule has 0 atom stereocenters. The van der Waals surface area contributed by atoms with Gasteiger partial charge in [-0.05, 0) is 10.9 Å². The molecule has 0 aliphatic carbocycles. The summed E-state index contributed by atoms with van der Waals surface area (Å²) in [6, 6.07) is 34.0. The van der Waals surface area contributed by atoms with E-state index in [2.05, 4.69) is 126 Å². The van der Waals surface area contributed by atoms with Gasteiger partial charge in [0.2, 0.25) is 0 Å². The molecule has 229 valence electrons. The standard InChI is InChI=1S/C23H26Ge2NO.C14H16NSi.Ir/c1-24(2,3)16-10-12-18-19-8-7-9-20(23(19)27-22(18)14-16)21-13-11-17(15-26-21)25(4,5)6;1-16(2,3)13-9-10-14(15-11-13)12-7-5-4-6-8-12;/h7-8,10-15H,1-6H3;4-7,9-11H,1-3H3;/q2*-1;. The molecule has 0 unspecified atom stereocenters. The van der Waals surface area contributed by atoms with E-state index in [1.54, 1.807) is 0 Å². The maximum atomic E-state index is 6.34. The van der Waals surface area contributed by atoms with Gasteiger partial charge in [-0.3, -0.25) is 0 Å². The number of furan rings is 1. The number of rotatable bonds is 5. The molecule has 0 aliphatic rings. The van der Waals surface area contributed by atoms with E-state index < -0.39 is 34.6 Å². The van der Waals surface area contributed by atoms with Crippen molar-refractivity contribution in [1.29, 1.82) is 0 Å². The van der Waals surface area contributed by atoms with Crippen LogP contribution in [0, 0.1) is 12.1 Å². The van der Waals surface area contributed by atoms with Crippen molar-refractivity contribution in [2.45, 2.75) is 54.2 Å². The SMILES string of the molecule is C[Si](C)(C)c1ccc(-c2[c-]cccc2)nc1.[CH3][Ge]([CH3])([CH3])[c]1ccc(-c2[c-]ccc3c2oc2c[c]([Ge]([CH3])([CH3])[CH3])ccc23)nc1.[Ir]. The van der Waals surface area contributed by atoms with Gasteiger partial charge in [-0.15, -0.1) is 35.9 Å². The molecule has 7 heteroatoms. The Morgan fingerprint density at radius 1 is 0.659 bits per heavy atom. The average Bonchev–Trinajstić information content (AvgIpc) is 3.35. The van der Waals surface area contributed by atoms with Crippen LogP contribution in [0.1, 0.15) is 0 Å². The van der Waals surface area contributed by atoms with E-state index in [0.717, 1.165) is 39.1 Å². The molecule has 3 aromatic carbocycles. The van der Waals surface area contributed by atoms with Crippen molar-refractivity contribution < 1.29 is 24.5 Å². The van der Waals surface area contributed by atoms with Crippen LogP contribution in [-0.4, -0.2) is 44.6 Å². The summed E-state index contributed by atoms with van der Waals surface area (Å²) in [5.74, 6) is 14.4. The zero-order valence-corrected chi connectivity index (χ0v) is 34.9. The van der Waals surface area contributed by atoms with Gasteiger partial charge in [0.25, 0.3) is 0 Å². The van der Waals surface area contributed by atoms with Crippen molar-refractivity contribution in [3.05, 3.63) is 103 Å². The molecule has 0 N–H and O–H groups in total. The number of aromatic nitrogens is 2. The second-order valence-electron chi connectivity index (χ2n) is 14.3. The number of benzene rings is 3. The van der Waals surface area contributed by atoms with Crippen LogP contribution in [0.15, 0.2) is 95.7 Å². The predicted octanol–water partition coefficient (Wildman–Crippen LogP) is 8.63. The van der Waals surface area contributed by atoms with Crippen molar-refractivity contribution in [2.24, 2.45) is 0 Å². The second-order valence-corrected chi connectivity index (χ2v) is 40.7. The summed E-state index contributed by atoms with van der Waals surface area (Å²) in [5.41, 5.74) is 5.82. The Hall–Kier alpha value is -2.29. The van der Waals surface area contributed by atoms with Crippen LogP contribution in [0.25, 0.3) is 44.5 Å². The van der Waals surface area contributed by atoms with Crippen molar-refractivity contribution in [1.82, 2.24) is 9.97 Å². The Morgan fingerprint density at radius 3 is 1.91 bits per heavy atom. The molecular weight excluding hydrogens is 854 g/mol. The van der Waals surface area contributed by atoms with Crippen molar-refractivity contribution in [3.8, 4) is 22.5 Å².